The average molecular weight is 348 g/mol. The molecule has 4 rings (SSSR count). The van der Waals surface area contributed by atoms with Gasteiger partial charge in [0.1, 0.15) is 11.6 Å². The van der Waals surface area contributed by atoms with Crippen molar-refractivity contribution in [3.05, 3.63) is 94.6 Å². The van der Waals surface area contributed by atoms with Crippen LogP contribution < -0.4 is 0 Å². The zero-order chi connectivity index (χ0) is 18.1. The highest BCUT2D eigenvalue weighted by molar-refractivity contribution is 5.65. The summed E-state index contributed by atoms with van der Waals surface area (Å²) in [5.41, 5.74) is 6.65. The van der Waals surface area contributed by atoms with E-state index >= 15 is 0 Å². The molecule has 0 heterocycles. The Labute approximate surface area is 153 Å². The van der Waals surface area contributed by atoms with Gasteiger partial charge in [0.2, 0.25) is 0 Å². The number of hydrogen-bond acceptors (Lipinski definition) is 0. The van der Waals surface area contributed by atoms with Gasteiger partial charge >= 0.3 is 0 Å². The Kier molecular flexibility index (Phi) is 4.58. The summed E-state index contributed by atoms with van der Waals surface area (Å²) in [5, 5.41) is 0. The summed E-state index contributed by atoms with van der Waals surface area (Å²) in [4.78, 5) is 0. The lowest BCUT2D eigenvalue weighted by Crippen LogP contribution is -2.14. The van der Waals surface area contributed by atoms with Crippen LogP contribution in [0.25, 0.3) is 11.1 Å². The van der Waals surface area contributed by atoms with E-state index in [2.05, 4.69) is 18.2 Å². The molecule has 26 heavy (non-hydrogen) atoms. The van der Waals surface area contributed by atoms with Gasteiger partial charge in [-0.05, 0) is 83.2 Å². The molecule has 3 aromatic rings. The lowest BCUT2D eigenvalue weighted by atomic mass is 9.79. The molecule has 0 bridgehead atoms. The average Bonchev–Trinajstić information content (AvgIpc) is 2.67. The van der Waals surface area contributed by atoms with Gasteiger partial charge in [0.15, 0.2) is 0 Å². The Morgan fingerprint density at radius 2 is 1.62 bits per heavy atom. The fraction of sp³-hybridized carbons (Fsp3) is 0.250. The standard InChI is InChI=1S/C24H22F2/c1-2-16-3-12-23(24(26)13-16)21-7-6-19-14-18(4-5-20(19)15-21)17-8-10-22(25)11-9-17/h3-5,8-14,21H,2,6-7,15H2,1H3. The Morgan fingerprint density at radius 1 is 0.846 bits per heavy atom. The second kappa shape index (κ2) is 7.03. The van der Waals surface area contributed by atoms with E-state index < -0.39 is 0 Å². The highest BCUT2D eigenvalue weighted by Gasteiger charge is 2.23. The number of hydrogen-bond donors (Lipinski definition) is 0. The third-order valence-electron chi connectivity index (χ3n) is 5.53. The van der Waals surface area contributed by atoms with Gasteiger partial charge in [-0.3, -0.25) is 0 Å². The van der Waals surface area contributed by atoms with E-state index in [-0.39, 0.29) is 17.6 Å². The summed E-state index contributed by atoms with van der Waals surface area (Å²) in [5.74, 6) is -0.0449. The van der Waals surface area contributed by atoms with Crippen molar-refractivity contribution in [2.45, 2.75) is 38.5 Å². The summed E-state index contributed by atoms with van der Waals surface area (Å²) in [6, 6.07) is 18.8. The van der Waals surface area contributed by atoms with Gasteiger partial charge in [0.25, 0.3) is 0 Å². The van der Waals surface area contributed by atoms with Crippen LogP contribution in [-0.4, -0.2) is 0 Å². The summed E-state index contributed by atoms with van der Waals surface area (Å²) in [7, 11) is 0. The Bertz CT molecular complexity index is 925. The van der Waals surface area contributed by atoms with Gasteiger partial charge in [0, 0.05) is 0 Å². The minimum atomic E-state index is -0.217. The van der Waals surface area contributed by atoms with Crippen LogP contribution in [-0.2, 0) is 19.3 Å². The van der Waals surface area contributed by atoms with Crippen LogP contribution in [0.15, 0.2) is 60.7 Å². The van der Waals surface area contributed by atoms with E-state index in [0.29, 0.717) is 0 Å². The highest BCUT2D eigenvalue weighted by atomic mass is 19.1. The molecule has 0 N–H and O–H groups in total. The Hall–Kier alpha value is -2.48. The van der Waals surface area contributed by atoms with E-state index in [0.717, 1.165) is 47.9 Å². The van der Waals surface area contributed by atoms with Gasteiger partial charge in [-0.1, -0.05) is 49.4 Å². The van der Waals surface area contributed by atoms with Crippen LogP contribution in [0, 0.1) is 11.6 Å². The second-order valence-corrected chi connectivity index (χ2v) is 7.14. The van der Waals surface area contributed by atoms with Crippen molar-refractivity contribution in [1.82, 2.24) is 0 Å². The zero-order valence-corrected chi connectivity index (χ0v) is 14.9. The van der Waals surface area contributed by atoms with Gasteiger partial charge < -0.3 is 0 Å². The van der Waals surface area contributed by atoms with Crippen LogP contribution in [0.2, 0.25) is 0 Å². The van der Waals surface area contributed by atoms with E-state index in [1.165, 1.54) is 23.3 Å². The fourth-order valence-electron chi connectivity index (χ4n) is 3.96. The maximum absolute atomic E-state index is 14.5. The Balaban J connectivity index is 1.59. The van der Waals surface area contributed by atoms with Gasteiger partial charge in [0.05, 0.1) is 0 Å². The third-order valence-corrected chi connectivity index (χ3v) is 5.53. The van der Waals surface area contributed by atoms with E-state index in [9.17, 15) is 8.78 Å². The van der Waals surface area contributed by atoms with Crippen LogP contribution in [0.3, 0.4) is 0 Å². The van der Waals surface area contributed by atoms with Crippen LogP contribution >= 0.6 is 0 Å². The smallest absolute Gasteiger partial charge is 0.126 e. The van der Waals surface area contributed by atoms with E-state index in [1.807, 2.05) is 31.2 Å². The molecule has 3 aromatic carbocycles. The molecule has 0 fully saturated rings. The molecule has 0 aromatic heterocycles. The third kappa shape index (κ3) is 3.29. The van der Waals surface area contributed by atoms with Gasteiger partial charge in [-0.25, -0.2) is 8.78 Å². The lowest BCUT2D eigenvalue weighted by Gasteiger charge is -2.26. The molecular formula is C24H22F2. The van der Waals surface area contributed by atoms with Crippen molar-refractivity contribution in [1.29, 1.82) is 0 Å². The van der Waals surface area contributed by atoms with Crippen molar-refractivity contribution in [3.63, 3.8) is 0 Å². The lowest BCUT2D eigenvalue weighted by molar-refractivity contribution is 0.533. The number of rotatable bonds is 3. The minimum absolute atomic E-state index is 0.0688. The first-order chi connectivity index (χ1) is 12.6. The molecule has 2 heteroatoms. The molecule has 0 amide bonds. The summed E-state index contributed by atoms with van der Waals surface area (Å²) in [6.45, 7) is 2.05. The topological polar surface area (TPSA) is 0 Å². The maximum atomic E-state index is 14.5. The molecule has 0 nitrogen and oxygen atoms in total. The van der Waals surface area contributed by atoms with Crippen molar-refractivity contribution in [2.75, 3.05) is 0 Å². The summed E-state index contributed by atoms with van der Waals surface area (Å²) < 4.78 is 27.6. The van der Waals surface area contributed by atoms with Crippen LogP contribution in [0.4, 0.5) is 8.78 Å². The molecule has 0 radical (unpaired) electrons. The van der Waals surface area contributed by atoms with Gasteiger partial charge in [-0.15, -0.1) is 0 Å². The van der Waals surface area contributed by atoms with Crippen molar-refractivity contribution in [2.24, 2.45) is 0 Å². The summed E-state index contributed by atoms with van der Waals surface area (Å²) in [6.07, 6.45) is 3.64. The van der Waals surface area contributed by atoms with Gasteiger partial charge in [-0.2, -0.15) is 0 Å². The molecule has 132 valence electrons. The predicted molar refractivity (Wildman–Crippen MR) is 102 cm³/mol. The quantitative estimate of drug-likeness (QED) is 0.509. The van der Waals surface area contributed by atoms with Crippen LogP contribution in [0.5, 0.6) is 0 Å². The van der Waals surface area contributed by atoms with Crippen molar-refractivity contribution >= 4 is 0 Å². The van der Waals surface area contributed by atoms with Crippen molar-refractivity contribution < 1.29 is 8.78 Å². The SMILES string of the molecule is CCc1ccc(C2CCc3cc(-c4ccc(F)cc4)ccc3C2)c(F)c1. The molecule has 0 saturated carbocycles. The summed E-state index contributed by atoms with van der Waals surface area (Å²) >= 11 is 0. The largest absolute Gasteiger partial charge is 0.207 e. The first-order valence-corrected chi connectivity index (χ1v) is 9.30. The minimum Gasteiger partial charge on any atom is -0.207 e. The van der Waals surface area contributed by atoms with Crippen LogP contribution in [0.1, 0.15) is 41.5 Å². The van der Waals surface area contributed by atoms with Crippen molar-refractivity contribution in [3.8, 4) is 11.1 Å². The number of aryl methyl sites for hydroxylation is 2. The monoisotopic (exact) mass is 348 g/mol. The first-order valence-electron chi connectivity index (χ1n) is 9.30. The molecule has 0 spiro atoms. The maximum Gasteiger partial charge on any atom is 0.126 e. The molecular weight excluding hydrogens is 326 g/mol. The fourth-order valence-corrected chi connectivity index (χ4v) is 3.96. The van der Waals surface area contributed by atoms with E-state index in [1.54, 1.807) is 6.07 Å². The Morgan fingerprint density at radius 3 is 2.35 bits per heavy atom. The number of benzene rings is 3. The molecule has 1 unspecified atom stereocenters. The predicted octanol–water partition coefficient (Wildman–Crippen LogP) is 6.47. The molecule has 1 aliphatic carbocycles. The first kappa shape index (κ1) is 17.0. The molecule has 1 aliphatic rings. The number of halogens is 2. The zero-order valence-electron chi connectivity index (χ0n) is 14.9. The molecule has 1 atom stereocenters. The van der Waals surface area contributed by atoms with E-state index in [4.69, 9.17) is 0 Å². The normalized spacial score (nSPS) is 16.3. The highest BCUT2D eigenvalue weighted by Crippen LogP contribution is 2.36. The molecule has 0 saturated heterocycles. The second-order valence-electron chi connectivity index (χ2n) is 7.14. The number of fused-ring (bicyclic) bond motifs is 1. The molecule has 0 aliphatic heterocycles.